The van der Waals surface area contributed by atoms with Gasteiger partial charge in [0.1, 0.15) is 5.82 Å². The Morgan fingerprint density at radius 1 is 1.44 bits per heavy atom. The van der Waals surface area contributed by atoms with E-state index in [1.54, 1.807) is 0 Å². The molecule has 18 heavy (non-hydrogen) atoms. The molecular formula is C13H20N4O. The SMILES string of the molecule is Cc1cccc(NC(=O)C(C)N2CCNCC2)n1. The summed E-state index contributed by atoms with van der Waals surface area (Å²) in [5.41, 5.74) is 0.905. The molecule has 1 aromatic rings. The van der Waals surface area contributed by atoms with Crippen molar-refractivity contribution in [1.82, 2.24) is 15.2 Å². The minimum Gasteiger partial charge on any atom is -0.314 e. The number of nitrogens with zero attached hydrogens (tertiary/aromatic N) is 2. The minimum absolute atomic E-state index is 0.00926. The van der Waals surface area contributed by atoms with E-state index in [2.05, 4.69) is 20.5 Å². The smallest absolute Gasteiger partial charge is 0.242 e. The van der Waals surface area contributed by atoms with Crippen molar-refractivity contribution in [3.8, 4) is 0 Å². The fourth-order valence-electron chi connectivity index (χ4n) is 2.08. The Morgan fingerprint density at radius 2 is 2.17 bits per heavy atom. The Kier molecular flexibility index (Phi) is 4.28. The molecule has 5 nitrogen and oxygen atoms in total. The summed E-state index contributed by atoms with van der Waals surface area (Å²) in [7, 11) is 0. The van der Waals surface area contributed by atoms with Crippen LogP contribution in [0.4, 0.5) is 5.82 Å². The van der Waals surface area contributed by atoms with E-state index in [1.165, 1.54) is 0 Å². The van der Waals surface area contributed by atoms with Crippen LogP contribution in [-0.4, -0.2) is 48.0 Å². The van der Waals surface area contributed by atoms with E-state index < -0.39 is 0 Å². The number of amides is 1. The highest BCUT2D eigenvalue weighted by molar-refractivity contribution is 5.93. The summed E-state index contributed by atoms with van der Waals surface area (Å²) in [4.78, 5) is 18.6. The van der Waals surface area contributed by atoms with Crippen LogP contribution >= 0.6 is 0 Å². The molecule has 5 heteroatoms. The summed E-state index contributed by atoms with van der Waals surface area (Å²) >= 11 is 0. The maximum atomic E-state index is 12.1. The van der Waals surface area contributed by atoms with Crippen LogP contribution in [0, 0.1) is 6.92 Å². The predicted octanol–water partition coefficient (Wildman–Crippen LogP) is 0.622. The van der Waals surface area contributed by atoms with Gasteiger partial charge in [-0.05, 0) is 26.0 Å². The molecule has 1 unspecified atom stereocenters. The highest BCUT2D eigenvalue weighted by Gasteiger charge is 2.22. The highest BCUT2D eigenvalue weighted by atomic mass is 16.2. The average Bonchev–Trinajstić information content (AvgIpc) is 2.39. The summed E-state index contributed by atoms with van der Waals surface area (Å²) in [5.74, 6) is 0.636. The van der Waals surface area contributed by atoms with Gasteiger partial charge in [-0.1, -0.05) is 6.07 Å². The van der Waals surface area contributed by atoms with Gasteiger partial charge in [-0.25, -0.2) is 4.98 Å². The lowest BCUT2D eigenvalue weighted by Gasteiger charge is -2.31. The van der Waals surface area contributed by atoms with Crippen LogP contribution in [0.5, 0.6) is 0 Å². The largest absolute Gasteiger partial charge is 0.314 e. The van der Waals surface area contributed by atoms with Gasteiger partial charge in [0.25, 0.3) is 0 Å². The van der Waals surface area contributed by atoms with Crippen molar-refractivity contribution in [2.75, 3.05) is 31.5 Å². The number of carbonyl (C=O) groups is 1. The Bertz CT molecular complexity index is 415. The molecule has 1 amide bonds. The predicted molar refractivity (Wildman–Crippen MR) is 71.5 cm³/mol. The van der Waals surface area contributed by atoms with Crippen LogP contribution in [0.1, 0.15) is 12.6 Å². The zero-order valence-corrected chi connectivity index (χ0v) is 10.9. The van der Waals surface area contributed by atoms with Crippen molar-refractivity contribution in [2.24, 2.45) is 0 Å². The Morgan fingerprint density at radius 3 is 2.83 bits per heavy atom. The van der Waals surface area contributed by atoms with Gasteiger partial charge in [0.05, 0.1) is 6.04 Å². The highest BCUT2D eigenvalue weighted by Crippen LogP contribution is 2.07. The fraction of sp³-hybridized carbons (Fsp3) is 0.538. The van der Waals surface area contributed by atoms with Crippen LogP contribution in [0.3, 0.4) is 0 Å². The second-order valence-corrected chi connectivity index (χ2v) is 4.62. The van der Waals surface area contributed by atoms with Gasteiger partial charge in [-0.15, -0.1) is 0 Å². The van der Waals surface area contributed by atoms with Crippen LogP contribution in [0.2, 0.25) is 0 Å². The second-order valence-electron chi connectivity index (χ2n) is 4.62. The number of anilines is 1. The average molecular weight is 248 g/mol. The van der Waals surface area contributed by atoms with Crippen molar-refractivity contribution in [2.45, 2.75) is 19.9 Å². The van der Waals surface area contributed by atoms with Gasteiger partial charge in [0.15, 0.2) is 0 Å². The van der Waals surface area contributed by atoms with Crippen molar-refractivity contribution in [1.29, 1.82) is 0 Å². The molecule has 0 aromatic carbocycles. The summed E-state index contributed by atoms with van der Waals surface area (Å²) < 4.78 is 0. The van der Waals surface area contributed by atoms with E-state index in [-0.39, 0.29) is 11.9 Å². The Balaban J connectivity index is 1.94. The third kappa shape index (κ3) is 3.27. The molecule has 1 fully saturated rings. The van der Waals surface area contributed by atoms with E-state index in [4.69, 9.17) is 0 Å². The molecule has 2 N–H and O–H groups in total. The van der Waals surface area contributed by atoms with Crippen molar-refractivity contribution in [3.63, 3.8) is 0 Å². The molecule has 2 heterocycles. The zero-order valence-electron chi connectivity index (χ0n) is 10.9. The molecular weight excluding hydrogens is 228 g/mol. The van der Waals surface area contributed by atoms with Crippen molar-refractivity contribution < 1.29 is 4.79 Å². The number of carbonyl (C=O) groups excluding carboxylic acids is 1. The maximum Gasteiger partial charge on any atom is 0.242 e. The van der Waals surface area contributed by atoms with Crippen molar-refractivity contribution in [3.05, 3.63) is 23.9 Å². The van der Waals surface area contributed by atoms with Gasteiger partial charge in [-0.3, -0.25) is 9.69 Å². The van der Waals surface area contributed by atoms with E-state index in [0.29, 0.717) is 5.82 Å². The third-order valence-corrected chi connectivity index (χ3v) is 3.22. The summed E-state index contributed by atoms with van der Waals surface area (Å²) in [6.45, 7) is 7.57. The monoisotopic (exact) mass is 248 g/mol. The molecule has 1 saturated heterocycles. The lowest BCUT2D eigenvalue weighted by Crippen LogP contribution is -2.51. The number of pyridine rings is 1. The zero-order chi connectivity index (χ0) is 13.0. The number of nitrogens with one attached hydrogen (secondary N) is 2. The number of aryl methyl sites for hydroxylation is 1. The van der Waals surface area contributed by atoms with Gasteiger partial charge in [-0.2, -0.15) is 0 Å². The minimum atomic E-state index is -0.116. The lowest BCUT2D eigenvalue weighted by atomic mass is 10.2. The number of rotatable bonds is 3. The van der Waals surface area contributed by atoms with Crippen LogP contribution in [-0.2, 0) is 4.79 Å². The molecule has 0 bridgehead atoms. The number of aromatic nitrogens is 1. The van der Waals surface area contributed by atoms with Gasteiger partial charge in [0, 0.05) is 31.9 Å². The molecule has 1 atom stereocenters. The number of piperazine rings is 1. The van der Waals surface area contributed by atoms with Gasteiger partial charge in [0.2, 0.25) is 5.91 Å². The lowest BCUT2D eigenvalue weighted by molar-refractivity contribution is -0.121. The Hall–Kier alpha value is -1.46. The molecule has 1 aromatic heterocycles. The first kappa shape index (κ1) is 13.0. The standard InChI is InChI=1S/C13H20N4O/c1-10-4-3-5-12(15-10)16-13(18)11(2)17-8-6-14-7-9-17/h3-5,11,14H,6-9H2,1-2H3,(H,15,16,18). The van der Waals surface area contributed by atoms with E-state index in [0.717, 1.165) is 31.9 Å². The topological polar surface area (TPSA) is 57.3 Å². The quantitative estimate of drug-likeness (QED) is 0.823. The molecule has 0 saturated carbocycles. The molecule has 1 aliphatic heterocycles. The number of hydrogen-bond donors (Lipinski definition) is 2. The fourth-order valence-corrected chi connectivity index (χ4v) is 2.08. The summed E-state index contributed by atoms with van der Waals surface area (Å²) in [6.07, 6.45) is 0. The summed E-state index contributed by atoms with van der Waals surface area (Å²) in [5, 5.41) is 6.15. The summed E-state index contributed by atoms with van der Waals surface area (Å²) in [6, 6.07) is 5.51. The molecule has 0 aliphatic carbocycles. The van der Waals surface area contributed by atoms with E-state index in [9.17, 15) is 4.79 Å². The first-order chi connectivity index (χ1) is 8.66. The first-order valence-corrected chi connectivity index (χ1v) is 6.36. The van der Waals surface area contributed by atoms with Gasteiger partial charge < -0.3 is 10.6 Å². The van der Waals surface area contributed by atoms with Gasteiger partial charge >= 0.3 is 0 Å². The molecule has 0 radical (unpaired) electrons. The maximum absolute atomic E-state index is 12.1. The molecule has 0 spiro atoms. The third-order valence-electron chi connectivity index (χ3n) is 3.22. The van der Waals surface area contributed by atoms with E-state index in [1.807, 2.05) is 32.0 Å². The molecule has 98 valence electrons. The van der Waals surface area contributed by atoms with Crippen LogP contribution < -0.4 is 10.6 Å². The number of hydrogen-bond acceptors (Lipinski definition) is 4. The van der Waals surface area contributed by atoms with E-state index >= 15 is 0 Å². The normalized spacial score (nSPS) is 18.3. The first-order valence-electron chi connectivity index (χ1n) is 6.36. The van der Waals surface area contributed by atoms with Crippen molar-refractivity contribution >= 4 is 11.7 Å². The molecule has 2 rings (SSSR count). The second kappa shape index (κ2) is 5.93. The van der Waals surface area contributed by atoms with Crippen LogP contribution in [0.25, 0.3) is 0 Å². The molecule has 1 aliphatic rings. The Labute approximate surface area is 108 Å². The van der Waals surface area contributed by atoms with Crippen LogP contribution in [0.15, 0.2) is 18.2 Å².